The zero-order chi connectivity index (χ0) is 16.4. The number of carbonyl (C=O) groups is 1. The highest BCUT2D eigenvalue weighted by atomic mass is 32.1. The number of thiophene rings is 1. The van der Waals surface area contributed by atoms with Crippen LogP contribution in [-0.4, -0.2) is 34.0 Å². The minimum atomic E-state index is 0.174. The largest absolute Gasteiger partial charge is 0.342 e. The third-order valence-electron chi connectivity index (χ3n) is 5.22. The summed E-state index contributed by atoms with van der Waals surface area (Å²) in [5.74, 6) is 2.10. The minimum Gasteiger partial charge on any atom is -0.342 e. The molecule has 1 aliphatic carbocycles. The van der Waals surface area contributed by atoms with E-state index in [0.717, 1.165) is 43.6 Å². The molecule has 6 heteroatoms. The van der Waals surface area contributed by atoms with Crippen LogP contribution < -0.4 is 0 Å². The topological polar surface area (TPSA) is 59.2 Å². The molecular formula is C18H23N3O2S. The highest BCUT2D eigenvalue weighted by molar-refractivity contribution is 7.13. The van der Waals surface area contributed by atoms with Crippen LogP contribution in [0.25, 0.3) is 10.7 Å². The van der Waals surface area contributed by atoms with Gasteiger partial charge in [-0.25, -0.2) is 0 Å². The second kappa shape index (κ2) is 7.05. The normalized spacial score (nSPS) is 22.7. The van der Waals surface area contributed by atoms with Crippen LogP contribution in [0.1, 0.15) is 56.8 Å². The molecule has 0 radical (unpaired) electrons. The lowest BCUT2D eigenvalue weighted by molar-refractivity contribution is -0.137. The predicted octanol–water partition coefficient (Wildman–Crippen LogP) is 4.08. The molecule has 1 unspecified atom stereocenters. The molecule has 2 fully saturated rings. The van der Waals surface area contributed by atoms with E-state index in [4.69, 9.17) is 4.52 Å². The molecule has 2 aromatic heterocycles. The average molecular weight is 345 g/mol. The van der Waals surface area contributed by atoms with Gasteiger partial charge in [0.25, 0.3) is 0 Å². The predicted molar refractivity (Wildman–Crippen MR) is 92.7 cm³/mol. The van der Waals surface area contributed by atoms with Gasteiger partial charge in [0.2, 0.25) is 17.6 Å². The van der Waals surface area contributed by atoms with E-state index in [1.807, 2.05) is 22.4 Å². The van der Waals surface area contributed by atoms with Gasteiger partial charge in [0.15, 0.2) is 0 Å². The van der Waals surface area contributed by atoms with Gasteiger partial charge in [0, 0.05) is 19.0 Å². The summed E-state index contributed by atoms with van der Waals surface area (Å²) in [6.45, 7) is 1.60. The van der Waals surface area contributed by atoms with Crippen molar-refractivity contribution in [1.29, 1.82) is 0 Å². The van der Waals surface area contributed by atoms with Crippen LogP contribution in [0.4, 0.5) is 0 Å². The Kier molecular flexibility index (Phi) is 4.65. The number of carbonyl (C=O) groups excluding carboxylic acids is 1. The first kappa shape index (κ1) is 15.8. The van der Waals surface area contributed by atoms with Gasteiger partial charge in [-0.05, 0) is 37.1 Å². The molecule has 128 valence electrons. The average Bonchev–Trinajstić information content (AvgIpc) is 3.33. The zero-order valence-corrected chi connectivity index (χ0v) is 14.6. The van der Waals surface area contributed by atoms with Crippen molar-refractivity contribution >= 4 is 17.2 Å². The van der Waals surface area contributed by atoms with Crippen molar-refractivity contribution < 1.29 is 9.32 Å². The summed E-state index contributed by atoms with van der Waals surface area (Å²) in [6.07, 6.45) is 7.81. The lowest BCUT2D eigenvalue weighted by atomic mass is 9.87. The molecule has 1 atom stereocenters. The second-order valence-electron chi connectivity index (χ2n) is 6.89. The van der Waals surface area contributed by atoms with Gasteiger partial charge in [0.05, 0.1) is 10.8 Å². The second-order valence-corrected chi connectivity index (χ2v) is 7.84. The standard InChI is InChI=1S/C18H23N3O2S/c22-18(13-6-2-1-3-7-13)21-10-4-8-14(12-21)17-19-16(20-23-17)15-9-5-11-24-15/h5,9,11,13-14H,1-4,6-8,10,12H2. The summed E-state index contributed by atoms with van der Waals surface area (Å²) in [5, 5.41) is 6.12. The van der Waals surface area contributed by atoms with E-state index in [0.29, 0.717) is 17.6 Å². The van der Waals surface area contributed by atoms with Crippen molar-refractivity contribution in [2.24, 2.45) is 5.92 Å². The molecule has 1 amide bonds. The third kappa shape index (κ3) is 3.24. The van der Waals surface area contributed by atoms with Crippen molar-refractivity contribution in [2.45, 2.75) is 50.9 Å². The van der Waals surface area contributed by atoms with Crippen LogP contribution in [-0.2, 0) is 4.79 Å². The Morgan fingerprint density at radius 3 is 2.88 bits per heavy atom. The van der Waals surface area contributed by atoms with Gasteiger partial charge in [-0.3, -0.25) is 4.79 Å². The first-order valence-corrected chi connectivity index (χ1v) is 9.85. The SMILES string of the molecule is O=C(C1CCCCC1)N1CCCC(c2nc(-c3cccs3)no2)C1. The quantitative estimate of drug-likeness (QED) is 0.841. The molecule has 24 heavy (non-hydrogen) atoms. The fourth-order valence-electron chi connectivity index (χ4n) is 3.89. The summed E-state index contributed by atoms with van der Waals surface area (Å²) in [7, 11) is 0. The van der Waals surface area contributed by atoms with Gasteiger partial charge in [-0.15, -0.1) is 11.3 Å². The molecule has 3 heterocycles. The molecular weight excluding hydrogens is 322 g/mol. The Morgan fingerprint density at radius 1 is 1.21 bits per heavy atom. The van der Waals surface area contributed by atoms with Crippen LogP contribution in [0.3, 0.4) is 0 Å². The van der Waals surface area contributed by atoms with Crippen LogP contribution in [0.2, 0.25) is 0 Å². The number of nitrogens with zero attached hydrogens (tertiary/aromatic N) is 3. The van der Waals surface area contributed by atoms with E-state index in [9.17, 15) is 4.79 Å². The maximum atomic E-state index is 12.8. The summed E-state index contributed by atoms with van der Waals surface area (Å²) in [6, 6.07) is 3.99. The van der Waals surface area contributed by atoms with Gasteiger partial charge in [0.1, 0.15) is 0 Å². The number of piperidine rings is 1. The van der Waals surface area contributed by atoms with E-state index in [2.05, 4.69) is 10.1 Å². The number of hydrogen-bond acceptors (Lipinski definition) is 5. The molecule has 0 spiro atoms. The number of hydrogen-bond donors (Lipinski definition) is 0. The van der Waals surface area contributed by atoms with E-state index in [1.165, 1.54) is 19.3 Å². The first-order chi connectivity index (χ1) is 11.8. The van der Waals surface area contributed by atoms with E-state index in [1.54, 1.807) is 11.3 Å². The van der Waals surface area contributed by atoms with Gasteiger partial charge in [-0.2, -0.15) is 4.98 Å². The fourth-order valence-corrected chi connectivity index (χ4v) is 4.54. The Morgan fingerprint density at radius 2 is 2.08 bits per heavy atom. The molecule has 0 aromatic carbocycles. The maximum Gasteiger partial charge on any atom is 0.231 e. The summed E-state index contributed by atoms with van der Waals surface area (Å²) in [4.78, 5) is 20.4. The van der Waals surface area contributed by atoms with Gasteiger partial charge >= 0.3 is 0 Å². The Bertz CT molecular complexity index is 676. The molecule has 1 saturated heterocycles. The first-order valence-electron chi connectivity index (χ1n) is 8.97. The number of aromatic nitrogens is 2. The molecule has 2 aliphatic rings. The van der Waals surface area contributed by atoms with Crippen molar-refractivity contribution in [3.63, 3.8) is 0 Å². The maximum absolute atomic E-state index is 12.8. The molecule has 2 aromatic rings. The summed E-state index contributed by atoms with van der Waals surface area (Å²) >= 11 is 1.61. The summed E-state index contributed by atoms with van der Waals surface area (Å²) < 4.78 is 5.51. The Labute approximate surface area is 146 Å². The number of likely N-dealkylation sites (tertiary alicyclic amines) is 1. The molecule has 1 saturated carbocycles. The smallest absolute Gasteiger partial charge is 0.231 e. The lowest BCUT2D eigenvalue weighted by Crippen LogP contribution is -2.42. The molecule has 1 aliphatic heterocycles. The van der Waals surface area contributed by atoms with Crippen molar-refractivity contribution in [3.05, 3.63) is 23.4 Å². The van der Waals surface area contributed by atoms with E-state index < -0.39 is 0 Å². The Balaban J connectivity index is 1.44. The van der Waals surface area contributed by atoms with E-state index >= 15 is 0 Å². The van der Waals surface area contributed by atoms with Gasteiger partial charge < -0.3 is 9.42 Å². The van der Waals surface area contributed by atoms with Crippen LogP contribution in [0, 0.1) is 5.92 Å². The van der Waals surface area contributed by atoms with Crippen molar-refractivity contribution in [2.75, 3.05) is 13.1 Å². The molecule has 5 nitrogen and oxygen atoms in total. The zero-order valence-electron chi connectivity index (χ0n) is 13.8. The highest BCUT2D eigenvalue weighted by Gasteiger charge is 2.32. The third-order valence-corrected chi connectivity index (χ3v) is 6.09. The van der Waals surface area contributed by atoms with Gasteiger partial charge in [-0.1, -0.05) is 30.5 Å². The van der Waals surface area contributed by atoms with Crippen molar-refractivity contribution in [3.8, 4) is 10.7 Å². The van der Waals surface area contributed by atoms with E-state index in [-0.39, 0.29) is 11.8 Å². The lowest BCUT2D eigenvalue weighted by Gasteiger charge is -2.34. The monoisotopic (exact) mass is 345 g/mol. The molecule has 0 bridgehead atoms. The number of amides is 1. The molecule has 0 N–H and O–H groups in total. The van der Waals surface area contributed by atoms with Crippen LogP contribution in [0.15, 0.2) is 22.0 Å². The Hall–Kier alpha value is -1.69. The van der Waals surface area contributed by atoms with Crippen LogP contribution >= 0.6 is 11.3 Å². The summed E-state index contributed by atoms with van der Waals surface area (Å²) in [5.41, 5.74) is 0. The van der Waals surface area contributed by atoms with Crippen LogP contribution in [0.5, 0.6) is 0 Å². The van der Waals surface area contributed by atoms with Crippen molar-refractivity contribution in [1.82, 2.24) is 15.0 Å². The highest BCUT2D eigenvalue weighted by Crippen LogP contribution is 2.31. The molecule has 4 rings (SSSR count). The number of rotatable bonds is 3. The fraction of sp³-hybridized carbons (Fsp3) is 0.611. The minimum absolute atomic E-state index is 0.174.